The second kappa shape index (κ2) is 6.50. The van der Waals surface area contributed by atoms with E-state index in [2.05, 4.69) is 0 Å². The summed E-state index contributed by atoms with van der Waals surface area (Å²) in [5.41, 5.74) is -0.536. The van der Waals surface area contributed by atoms with Gasteiger partial charge in [-0.25, -0.2) is 0 Å². The number of carbonyl (C=O) groups is 1. The van der Waals surface area contributed by atoms with E-state index in [4.69, 9.17) is 4.74 Å². The number of thioether (sulfide) groups is 1. The van der Waals surface area contributed by atoms with E-state index in [1.54, 1.807) is 11.8 Å². The highest BCUT2D eigenvalue weighted by atomic mass is 32.2. The summed E-state index contributed by atoms with van der Waals surface area (Å²) < 4.78 is 5.67. The van der Waals surface area contributed by atoms with Crippen LogP contribution in [0, 0.1) is 5.92 Å². The maximum atomic E-state index is 13.0. The van der Waals surface area contributed by atoms with E-state index < -0.39 is 17.1 Å². The summed E-state index contributed by atoms with van der Waals surface area (Å²) in [6.07, 6.45) is 0. The molecule has 3 nitrogen and oxygen atoms in total. The molecule has 2 aromatic carbocycles. The highest BCUT2D eigenvalue weighted by molar-refractivity contribution is 8.00. The van der Waals surface area contributed by atoms with E-state index in [-0.39, 0.29) is 11.2 Å². The molecule has 0 spiro atoms. The molecule has 1 aliphatic rings. The van der Waals surface area contributed by atoms with Crippen molar-refractivity contribution in [2.75, 3.05) is 0 Å². The quantitative estimate of drug-likeness (QED) is 0.812. The van der Waals surface area contributed by atoms with E-state index in [0.29, 0.717) is 5.56 Å². The zero-order chi connectivity index (χ0) is 18.2. The number of fused-ring (bicyclic) bond motifs is 1. The third kappa shape index (κ3) is 3.33. The summed E-state index contributed by atoms with van der Waals surface area (Å²) in [4.78, 5) is 14.0. The van der Waals surface area contributed by atoms with Crippen LogP contribution in [0.2, 0.25) is 0 Å². The lowest BCUT2D eigenvalue weighted by Gasteiger charge is -2.44. The third-order valence-electron chi connectivity index (χ3n) is 4.40. The first-order valence-electron chi connectivity index (χ1n) is 8.50. The molecule has 0 saturated carbocycles. The highest BCUT2D eigenvalue weighted by Gasteiger charge is 2.52. The molecule has 0 radical (unpaired) electrons. The lowest BCUT2D eigenvalue weighted by molar-refractivity contribution is -0.168. The van der Waals surface area contributed by atoms with E-state index in [0.717, 1.165) is 10.5 Å². The molecule has 2 aromatic rings. The van der Waals surface area contributed by atoms with Crippen molar-refractivity contribution in [3.63, 3.8) is 0 Å². The molecule has 1 N–H and O–H groups in total. The Morgan fingerprint density at radius 1 is 1.08 bits per heavy atom. The van der Waals surface area contributed by atoms with Crippen LogP contribution >= 0.6 is 11.8 Å². The molecule has 0 fully saturated rings. The van der Waals surface area contributed by atoms with Gasteiger partial charge in [0.05, 0.1) is 0 Å². The Morgan fingerprint density at radius 2 is 1.68 bits per heavy atom. The lowest BCUT2D eigenvalue weighted by Crippen LogP contribution is -2.50. The van der Waals surface area contributed by atoms with Gasteiger partial charge in [-0.15, -0.1) is 11.8 Å². The molecular formula is C21H24O3S. The SMILES string of the molecule is C[C@@H]1Sc2ccccc2[C@](O)(c2ccccc2)[C@H]1C(=O)OC(C)(C)C. The van der Waals surface area contributed by atoms with Crippen molar-refractivity contribution in [2.24, 2.45) is 5.92 Å². The van der Waals surface area contributed by atoms with E-state index >= 15 is 0 Å². The zero-order valence-electron chi connectivity index (χ0n) is 15.0. The summed E-state index contributed by atoms with van der Waals surface area (Å²) in [6, 6.07) is 17.2. The standard InChI is InChI=1S/C21H24O3S/c1-14-18(19(22)24-20(2,3)4)21(23,15-10-6-5-7-11-15)16-12-8-9-13-17(16)25-14/h5-14,18,23H,1-4H3/t14-,18+,21+/m0/s1. The average molecular weight is 356 g/mol. The van der Waals surface area contributed by atoms with Crippen molar-refractivity contribution in [1.82, 2.24) is 0 Å². The number of carbonyl (C=O) groups excluding carboxylic acids is 1. The largest absolute Gasteiger partial charge is 0.460 e. The van der Waals surface area contributed by atoms with Crippen molar-refractivity contribution < 1.29 is 14.6 Å². The van der Waals surface area contributed by atoms with Gasteiger partial charge in [0.1, 0.15) is 17.1 Å². The van der Waals surface area contributed by atoms with Gasteiger partial charge in [-0.2, -0.15) is 0 Å². The summed E-state index contributed by atoms with van der Waals surface area (Å²) in [7, 11) is 0. The predicted molar refractivity (Wildman–Crippen MR) is 101 cm³/mol. The number of hydrogen-bond donors (Lipinski definition) is 1. The monoisotopic (exact) mass is 356 g/mol. The van der Waals surface area contributed by atoms with Crippen LogP contribution in [0.25, 0.3) is 0 Å². The van der Waals surface area contributed by atoms with Gasteiger partial charge in [0, 0.05) is 15.7 Å². The molecule has 132 valence electrons. The first-order chi connectivity index (χ1) is 11.7. The van der Waals surface area contributed by atoms with Crippen LogP contribution in [0.1, 0.15) is 38.8 Å². The second-order valence-corrected chi connectivity index (χ2v) is 8.88. The first-order valence-corrected chi connectivity index (χ1v) is 9.38. The molecule has 25 heavy (non-hydrogen) atoms. The molecule has 3 atom stereocenters. The Morgan fingerprint density at radius 3 is 2.32 bits per heavy atom. The number of aliphatic hydroxyl groups is 1. The van der Waals surface area contributed by atoms with Gasteiger partial charge < -0.3 is 9.84 Å². The topological polar surface area (TPSA) is 46.5 Å². The molecule has 1 heterocycles. The summed E-state index contributed by atoms with van der Waals surface area (Å²) >= 11 is 1.61. The van der Waals surface area contributed by atoms with Crippen LogP contribution in [0.15, 0.2) is 59.5 Å². The zero-order valence-corrected chi connectivity index (χ0v) is 15.8. The molecule has 0 amide bonds. The summed E-state index contributed by atoms with van der Waals surface area (Å²) in [5, 5.41) is 11.8. The van der Waals surface area contributed by atoms with Gasteiger partial charge in [0.15, 0.2) is 0 Å². The number of hydrogen-bond acceptors (Lipinski definition) is 4. The van der Waals surface area contributed by atoms with Crippen molar-refractivity contribution in [3.05, 3.63) is 65.7 Å². The van der Waals surface area contributed by atoms with Crippen molar-refractivity contribution >= 4 is 17.7 Å². The molecule has 0 saturated heterocycles. The minimum absolute atomic E-state index is 0.116. The van der Waals surface area contributed by atoms with Gasteiger partial charge in [0.2, 0.25) is 0 Å². The molecular weight excluding hydrogens is 332 g/mol. The molecule has 0 unspecified atom stereocenters. The molecule has 3 rings (SSSR count). The number of benzene rings is 2. The Kier molecular flexibility index (Phi) is 4.69. The molecule has 0 bridgehead atoms. The molecule has 0 aliphatic carbocycles. The van der Waals surface area contributed by atoms with Crippen molar-refractivity contribution in [1.29, 1.82) is 0 Å². The number of rotatable bonds is 2. The van der Waals surface area contributed by atoms with E-state index in [9.17, 15) is 9.90 Å². The van der Waals surface area contributed by atoms with E-state index in [1.165, 1.54) is 0 Å². The minimum Gasteiger partial charge on any atom is -0.460 e. The fourth-order valence-electron chi connectivity index (χ4n) is 3.41. The van der Waals surface area contributed by atoms with Gasteiger partial charge in [0.25, 0.3) is 0 Å². The molecule has 4 heteroatoms. The van der Waals surface area contributed by atoms with Crippen LogP contribution in [-0.4, -0.2) is 21.9 Å². The van der Waals surface area contributed by atoms with Gasteiger partial charge in [-0.3, -0.25) is 4.79 Å². The molecule has 1 aliphatic heterocycles. The van der Waals surface area contributed by atoms with Crippen LogP contribution in [0.3, 0.4) is 0 Å². The summed E-state index contributed by atoms with van der Waals surface area (Å²) in [5.74, 6) is -1.05. The lowest BCUT2D eigenvalue weighted by atomic mass is 9.74. The van der Waals surface area contributed by atoms with Crippen LogP contribution < -0.4 is 0 Å². The van der Waals surface area contributed by atoms with Gasteiger partial charge in [-0.1, -0.05) is 55.5 Å². The van der Waals surface area contributed by atoms with Gasteiger partial charge in [-0.05, 0) is 32.4 Å². The first kappa shape index (κ1) is 18.0. The average Bonchev–Trinajstić information content (AvgIpc) is 2.54. The van der Waals surface area contributed by atoms with Crippen LogP contribution in [0.4, 0.5) is 0 Å². The summed E-state index contributed by atoms with van der Waals surface area (Å²) in [6.45, 7) is 7.52. The van der Waals surface area contributed by atoms with Crippen molar-refractivity contribution in [2.45, 2.75) is 49.0 Å². The highest BCUT2D eigenvalue weighted by Crippen LogP contribution is 2.51. The molecule has 0 aromatic heterocycles. The maximum absolute atomic E-state index is 13.0. The Bertz CT molecular complexity index is 766. The van der Waals surface area contributed by atoms with Crippen LogP contribution in [0.5, 0.6) is 0 Å². The number of esters is 1. The third-order valence-corrected chi connectivity index (χ3v) is 5.66. The fraction of sp³-hybridized carbons (Fsp3) is 0.381. The van der Waals surface area contributed by atoms with Crippen molar-refractivity contribution in [3.8, 4) is 0 Å². The van der Waals surface area contributed by atoms with Gasteiger partial charge >= 0.3 is 5.97 Å². The normalized spacial score (nSPS) is 26.0. The fourth-order valence-corrected chi connectivity index (χ4v) is 4.77. The Labute approximate surface area is 153 Å². The second-order valence-electron chi connectivity index (χ2n) is 7.46. The maximum Gasteiger partial charge on any atom is 0.314 e. The number of ether oxygens (including phenoxy) is 1. The Hall–Kier alpha value is -1.78. The van der Waals surface area contributed by atoms with Crippen LogP contribution in [-0.2, 0) is 15.1 Å². The Balaban J connectivity index is 2.17. The van der Waals surface area contributed by atoms with E-state index in [1.807, 2.05) is 82.3 Å². The smallest absolute Gasteiger partial charge is 0.314 e. The predicted octanol–water partition coefficient (Wildman–Crippen LogP) is 4.37. The minimum atomic E-state index is -1.41.